The van der Waals surface area contributed by atoms with E-state index >= 15 is 0 Å². The van der Waals surface area contributed by atoms with Gasteiger partial charge in [-0.25, -0.2) is 4.79 Å². The van der Waals surface area contributed by atoms with Gasteiger partial charge in [0.1, 0.15) is 5.75 Å². The van der Waals surface area contributed by atoms with Gasteiger partial charge in [-0.15, -0.1) is 0 Å². The molecular weight excluding hydrogens is 508 g/mol. The Balaban J connectivity index is 1.48. The summed E-state index contributed by atoms with van der Waals surface area (Å²) in [6, 6.07) is 31.6. The highest BCUT2D eigenvalue weighted by atomic mass is 35.5. The second kappa shape index (κ2) is 14.0. The Morgan fingerprint density at radius 2 is 1.41 bits per heavy atom. The first kappa shape index (κ1) is 27.7. The molecule has 0 saturated carbocycles. The number of carbonyl (C=O) groups excluding carboxylic acids is 1. The normalized spacial score (nSPS) is 10.9. The van der Waals surface area contributed by atoms with Crippen LogP contribution < -0.4 is 4.74 Å². The lowest BCUT2D eigenvalue weighted by atomic mass is 9.97. The highest BCUT2D eigenvalue weighted by Gasteiger charge is 2.08. The van der Waals surface area contributed by atoms with Crippen LogP contribution in [0.3, 0.4) is 0 Å². The Kier molecular flexibility index (Phi) is 9.97. The van der Waals surface area contributed by atoms with Crippen molar-refractivity contribution in [1.29, 1.82) is 0 Å². The molecule has 0 heterocycles. The summed E-state index contributed by atoms with van der Waals surface area (Å²) in [6.45, 7) is 2.61. The third-order valence-electron chi connectivity index (χ3n) is 5.96. The average Bonchev–Trinajstić information content (AvgIpc) is 2.97. The summed E-state index contributed by atoms with van der Waals surface area (Å²) in [4.78, 5) is 11.5. The van der Waals surface area contributed by atoms with Crippen LogP contribution in [0.25, 0.3) is 5.57 Å². The van der Waals surface area contributed by atoms with Crippen LogP contribution in [0.4, 0.5) is 0 Å². The van der Waals surface area contributed by atoms with Crippen LogP contribution in [0.15, 0.2) is 103 Å². The molecule has 0 radical (unpaired) electrons. The number of hydrogen-bond acceptors (Lipinski definition) is 4. The number of carbonyl (C=O) groups is 1. The minimum atomic E-state index is -0.437. The van der Waals surface area contributed by atoms with Crippen molar-refractivity contribution in [3.8, 4) is 17.6 Å². The third kappa shape index (κ3) is 8.35. The number of methoxy groups -OCH3 is 1. The molecule has 4 nitrogen and oxygen atoms in total. The van der Waals surface area contributed by atoms with Gasteiger partial charge in [-0.3, -0.25) is 0 Å². The van der Waals surface area contributed by atoms with Gasteiger partial charge in [0.05, 0.1) is 20.3 Å². The first-order valence-electron chi connectivity index (χ1n) is 12.5. The third-order valence-corrected chi connectivity index (χ3v) is 6.21. The van der Waals surface area contributed by atoms with E-state index in [0.717, 1.165) is 33.4 Å². The molecule has 0 amide bonds. The zero-order valence-corrected chi connectivity index (χ0v) is 22.7. The summed E-state index contributed by atoms with van der Waals surface area (Å²) in [5.74, 6) is 6.61. The first-order chi connectivity index (χ1) is 19.0. The molecule has 0 aliphatic rings. The summed E-state index contributed by atoms with van der Waals surface area (Å²) < 4.78 is 16.2. The molecule has 5 heteroatoms. The number of hydrogen-bond donors (Lipinski definition) is 0. The van der Waals surface area contributed by atoms with Crippen LogP contribution in [-0.2, 0) is 20.9 Å². The van der Waals surface area contributed by atoms with Gasteiger partial charge in [0.25, 0.3) is 0 Å². The molecule has 196 valence electrons. The highest BCUT2D eigenvalue weighted by Crippen LogP contribution is 2.26. The molecule has 0 aliphatic carbocycles. The Hall–Kier alpha value is -4.30. The van der Waals surface area contributed by atoms with Crippen LogP contribution in [0.5, 0.6) is 5.75 Å². The van der Waals surface area contributed by atoms with E-state index in [2.05, 4.69) is 47.8 Å². The van der Waals surface area contributed by atoms with E-state index in [-0.39, 0.29) is 6.61 Å². The fourth-order valence-corrected chi connectivity index (χ4v) is 3.94. The largest absolute Gasteiger partial charge is 0.482 e. The maximum atomic E-state index is 11.5. The van der Waals surface area contributed by atoms with Crippen molar-refractivity contribution in [2.75, 3.05) is 20.3 Å². The number of rotatable bonds is 9. The van der Waals surface area contributed by atoms with E-state index in [1.54, 1.807) is 6.07 Å². The molecule has 39 heavy (non-hydrogen) atoms. The molecule has 4 aromatic rings. The van der Waals surface area contributed by atoms with Gasteiger partial charge in [0.2, 0.25) is 0 Å². The summed E-state index contributed by atoms with van der Waals surface area (Å²) in [6.07, 6.45) is 2.05. The van der Waals surface area contributed by atoms with Crippen LogP contribution >= 0.6 is 11.6 Å². The molecule has 0 unspecified atom stereocenters. The van der Waals surface area contributed by atoms with Crippen molar-refractivity contribution in [1.82, 2.24) is 0 Å². The van der Waals surface area contributed by atoms with Gasteiger partial charge in [-0.05, 0) is 66.1 Å². The maximum absolute atomic E-state index is 11.5. The van der Waals surface area contributed by atoms with Gasteiger partial charge >= 0.3 is 5.97 Å². The minimum absolute atomic E-state index is 0.153. The predicted octanol–water partition coefficient (Wildman–Crippen LogP) is 7.25. The molecule has 0 spiro atoms. The predicted molar refractivity (Wildman–Crippen MR) is 156 cm³/mol. The van der Waals surface area contributed by atoms with E-state index in [1.165, 1.54) is 12.7 Å². The van der Waals surface area contributed by atoms with E-state index in [4.69, 9.17) is 21.1 Å². The van der Waals surface area contributed by atoms with Gasteiger partial charge < -0.3 is 14.2 Å². The van der Waals surface area contributed by atoms with Gasteiger partial charge in [0, 0.05) is 21.7 Å². The standard InChI is InChI=1S/C34H29ClO4/c1-25-7-9-26(10-8-25)11-12-27-13-15-28(16-14-27)32(29-17-19-31(35)20-18-29)21-22-38-23-30-5-3-4-6-33(30)39-24-34(36)37-2/h3-10,13-21H,22-24H2,1-2H3. The number of aryl methyl sites for hydroxylation is 1. The van der Waals surface area contributed by atoms with Crippen molar-refractivity contribution < 1.29 is 19.0 Å². The quantitative estimate of drug-likeness (QED) is 0.128. The minimum Gasteiger partial charge on any atom is -0.482 e. The molecule has 4 rings (SSSR count). The Morgan fingerprint density at radius 1 is 0.821 bits per heavy atom. The van der Waals surface area contributed by atoms with E-state index in [9.17, 15) is 4.79 Å². The number of para-hydroxylation sites is 1. The van der Waals surface area contributed by atoms with E-state index in [1.807, 2.05) is 72.8 Å². The summed E-state index contributed by atoms with van der Waals surface area (Å²) >= 11 is 6.14. The molecule has 0 aromatic heterocycles. The second-order valence-corrected chi connectivity index (χ2v) is 9.24. The van der Waals surface area contributed by atoms with Crippen LogP contribution in [0.1, 0.15) is 33.4 Å². The monoisotopic (exact) mass is 536 g/mol. The number of esters is 1. The second-order valence-electron chi connectivity index (χ2n) is 8.81. The maximum Gasteiger partial charge on any atom is 0.343 e. The SMILES string of the molecule is COC(=O)COc1ccccc1COCC=C(c1ccc(Cl)cc1)c1ccc(C#Cc2ccc(C)cc2)cc1. The van der Waals surface area contributed by atoms with Crippen molar-refractivity contribution in [2.45, 2.75) is 13.5 Å². The summed E-state index contributed by atoms with van der Waals surface area (Å²) in [7, 11) is 1.33. The van der Waals surface area contributed by atoms with E-state index < -0.39 is 5.97 Å². The van der Waals surface area contributed by atoms with Crippen molar-refractivity contribution >= 4 is 23.1 Å². The molecule has 0 aliphatic heterocycles. The lowest BCUT2D eigenvalue weighted by molar-refractivity contribution is -0.142. The topological polar surface area (TPSA) is 44.8 Å². The van der Waals surface area contributed by atoms with Gasteiger partial charge in [-0.1, -0.05) is 89.7 Å². The number of benzene rings is 4. The van der Waals surface area contributed by atoms with Crippen LogP contribution in [0.2, 0.25) is 5.02 Å². The van der Waals surface area contributed by atoms with Crippen LogP contribution in [-0.4, -0.2) is 26.3 Å². The van der Waals surface area contributed by atoms with Crippen molar-refractivity contribution in [2.24, 2.45) is 0 Å². The lowest BCUT2D eigenvalue weighted by Crippen LogP contribution is -2.13. The Bertz CT molecular complexity index is 1480. The van der Waals surface area contributed by atoms with E-state index in [0.29, 0.717) is 24.0 Å². The molecule has 0 fully saturated rings. The Labute approximate surface area is 234 Å². The smallest absolute Gasteiger partial charge is 0.343 e. The lowest BCUT2D eigenvalue weighted by Gasteiger charge is -2.12. The van der Waals surface area contributed by atoms with Crippen molar-refractivity contribution in [3.63, 3.8) is 0 Å². The molecule has 0 bridgehead atoms. The van der Waals surface area contributed by atoms with Crippen LogP contribution in [0, 0.1) is 18.8 Å². The molecule has 0 atom stereocenters. The Morgan fingerprint density at radius 3 is 2.05 bits per heavy atom. The number of ether oxygens (including phenoxy) is 3. The molecule has 0 N–H and O–H groups in total. The molecule has 0 saturated heterocycles. The zero-order chi connectivity index (χ0) is 27.5. The highest BCUT2D eigenvalue weighted by molar-refractivity contribution is 6.30. The average molecular weight is 537 g/mol. The number of halogens is 1. The summed E-state index contributed by atoms with van der Waals surface area (Å²) in [5.41, 5.74) is 7.09. The first-order valence-corrected chi connectivity index (χ1v) is 12.9. The van der Waals surface area contributed by atoms with Gasteiger partial charge in [0.15, 0.2) is 6.61 Å². The fraction of sp³-hybridized carbons (Fsp3) is 0.147. The zero-order valence-electron chi connectivity index (χ0n) is 21.9. The molecule has 4 aromatic carbocycles. The molecular formula is C34H29ClO4. The van der Waals surface area contributed by atoms with Crippen molar-refractivity contribution in [3.05, 3.63) is 142 Å². The summed E-state index contributed by atoms with van der Waals surface area (Å²) in [5, 5.41) is 0.680. The fourth-order valence-electron chi connectivity index (χ4n) is 3.82. The van der Waals surface area contributed by atoms with Gasteiger partial charge in [-0.2, -0.15) is 0 Å².